The van der Waals surface area contributed by atoms with Gasteiger partial charge in [-0.15, -0.1) is 0 Å². The molecular weight excluding hydrogens is 387 g/mol. The summed E-state index contributed by atoms with van der Waals surface area (Å²) in [7, 11) is -4.03. The van der Waals surface area contributed by atoms with Gasteiger partial charge in [-0.2, -0.15) is 18.3 Å². The van der Waals surface area contributed by atoms with Crippen molar-refractivity contribution in [2.24, 2.45) is 5.14 Å². The molecule has 27 heavy (non-hydrogen) atoms. The maximum Gasteiger partial charge on any atom is 0.416 e. The van der Waals surface area contributed by atoms with Gasteiger partial charge in [0.1, 0.15) is 6.61 Å². The van der Waals surface area contributed by atoms with Gasteiger partial charge in [-0.25, -0.2) is 18.4 Å². The second-order valence-electron chi connectivity index (χ2n) is 5.56. The lowest BCUT2D eigenvalue weighted by Gasteiger charge is -2.08. The molecule has 0 amide bonds. The number of rotatable bonds is 4. The van der Waals surface area contributed by atoms with E-state index in [1.54, 1.807) is 0 Å². The van der Waals surface area contributed by atoms with Crippen LogP contribution in [0, 0.1) is 0 Å². The summed E-state index contributed by atoms with van der Waals surface area (Å²) in [5.74, 6) is -1.01. The fraction of sp³-hybridized carbons (Fsp3) is 0.125. The van der Waals surface area contributed by atoms with Crippen LogP contribution in [0.4, 0.5) is 13.2 Å². The molecule has 0 spiro atoms. The zero-order valence-corrected chi connectivity index (χ0v) is 14.3. The minimum Gasteiger partial charge on any atom is -0.456 e. The first-order valence-corrected chi connectivity index (χ1v) is 8.95. The molecule has 0 aliphatic carbocycles. The lowest BCUT2D eigenvalue weighted by molar-refractivity contribution is -0.137. The Morgan fingerprint density at radius 3 is 2.56 bits per heavy atom. The number of aromatic amines is 1. The highest BCUT2D eigenvalue weighted by atomic mass is 32.2. The van der Waals surface area contributed by atoms with Crippen molar-refractivity contribution in [3.05, 3.63) is 59.3 Å². The van der Waals surface area contributed by atoms with Crippen LogP contribution in [0.15, 0.2) is 47.4 Å². The van der Waals surface area contributed by atoms with E-state index in [4.69, 9.17) is 9.88 Å². The Morgan fingerprint density at radius 2 is 1.89 bits per heavy atom. The van der Waals surface area contributed by atoms with Gasteiger partial charge in [-0.1, -0.05) is 18.2 Å². The molecule has 0 aliphatic heterocycles. The number of H-pyrrole nitrogens is 1. The summed E-state index contributed by atoms with van der Waals surface area (Å²) in [4.78, 5) is 12.0. The molecule has 0 saturated heterocycles. The highest BCUT2D eigenvalue weighted by Crippen LogP contribution is 2.32. The monoisotopic (exact) mass is 399 g/mol. The fourth-order valence-electron chi connectivity index (χ4n) is 2.46. The van der Waals surface area contributed by atoms with Crippen molar-refractivity contribution >= 4 is 26.9 Å². The Hall–Kier alpha value is -2.92. The molecule has 3 N–H and O–H groups in total. The molecule has 3 rings (SSSR count). The van der Waals surface area contributed by atoms with Crippen LogP contribution in [-0.4, -0.2) is 24.6 Å². The number of carbonyl (C=O) groups is 1. The number of alkyl halides is 3. The zero-order valence-electron chi connectivity index (χ0n) is 13.4. The van der Waals surface area contributed by atoms with Crippen LogP contribution < -0.4 is 5.14 Å². The third kappa shape index (κ3) is 3.93. The quantitative estimate of drug-likeness (QED) is 0.655. The number of ether oxygens (including phenoxy) is 1. The van der Waals surface area contributed by atoms with Gasteiger partial charge in [0, 0.05) is 10.9 Å². The van der Waals surface area contributed by atoms with Gasteiger partial charge in [0.2, 0.25) is 10.0 Å². The van der Waals surface area contributed by atoms with Crippen molar-refractivity contribution in [1.82, 2.24) is 10.2 Å². The third-order valence-electron chi connectivity index (χ3n) is 3.72. The largest absolute Gasteiger partial charge is 0.456 e. The van der Waals surface area contributed by atoms with Crippen LogP contribution in [0.1, 0.15) is 21.6 Å². The molecule has 0 aliphatic rings. The molecular formula is C16H12F3N3O4S. The summed E-state index contributed by atoms with van der Waals surface area (Å²) in [5, 5.41) is 11.2. The first-order valence-electron chi connectivity index (χ1n) is 7.40. The van der Waals surface area contributed by atoms with Crippen LogP contribution in [0.5, 0.6) is 0 Å². The van der Waals surface area contributed by atoms with Crippen LogP contribution in [-0.2, 0) is 27.5 Å². The Balaban J connectivity index is 1.88. The maximum absolute atomic E-state index is 12.9. The predicted molar refractivity (Wildman–Crippen MR) is 88.0 cm³/mol. The molecule has 7 nitrogen and oxygen atoms in total. The minimum absolute atomic E-state index is 0.0606. The first kappa shape index (κ1) is 18.9. The maximum atomic E-state index is 12.9. The number of hydrogen-bond donors (Lipinski definition) is 2. The van der Waals surface area contributed by atoms with Crippen molar-refractivity contribution in [1.29, 1.82) is 0 Å². The van der Waals surface area contributed by atoms with Crippen molar-refractivity contribution in [3.8, 4) is 0 Å². The number of primary sulfonamides is 1. The lowest BCUT2D eigenvalue weighted by Crippen LogP contribution is -2.16. The summed E-state index contributed by atoms with van der Waals surface area (Å²) in [6.45, 7) is -0.446. The summed E-state index contributed by atoms with van der Waals surface area (Å²) in [6.07, 6.45) is -4.58. The van der Waals surface area contributed by atoms with Crippen LogP contribution in [0.2, 0.25) is 0 Å². The number of nitrogens with zero attached hydrogens (tertiary/aromatic N) is 1. The fourth-order valence-corrected chi connectivity index (χ4v) is 3.22. The SMILES string of the molecule is NS(=O)(=O)c1ccccc1COC(=O)c1n[nH]c2ccc(C(F)(F)F)cc12. The predicted octanol–water partition coefficient (Wildman–Crippen LogP) is 2.59. The molecule has 0 unspecified atom stereocenters. The molecule has 0 atom stereocenters. The molecule has 1 aromatic heterocycles. The lowest BCUT2D eigenvalue weighted by atomic mass is 10.1. The topological polar surface area (TPSA) is 115 Å². The van der Waals surface area contributed by atoms with E-state index in [-0.39, 0.29) is 27.1 Å². The summed E-state index contributed by atoms with van der Waals surface area (Å²) in [6, 6.07) is 8.42. The second kappa shape index (κ2) is 6.67. The van der Waals surface area contributed by atoms with Gasteiger partial charge in [0.05, 0.1) is 16.0 Å². The molecule has 0 saturated carbocycles. The van der Waals surface area contributed by atoms with Crippen LogP contribution >= 0.6 is 0 Å². The molecule has 0 bridgehead atoms. The zero-order chi connectivity index (χ0) is 19.8. The number of nitrogens with two attached hydrogens (primary N) is 1. The van der Waals surface area contributed by atoms with E-state index in [1.165, 1.54) is 24.3 Å². The number of benzene rings is 2. The van der Waals surface area contributed by atoms with E-state index in [0.29, 0.717) is 0 Å². The number of esters is 1. The standard InChI is InChI=1S/C16H12F3N3O4S/c17-16(18,19)10-5-6-12-11(7-10)14(22-21-12)15(23)26-8-9-3-1-2-4-13(9)27(20,24)25/h1-7H,8H2,(H,21,22)(H2,20,24,25). The van der Waals surface area contributed by atoms with Gasteiger partial charge in [0.25, 0.3) is 0 Å². The van der Waals surface area contributed by atoms with Gasteiger partial charge in [0.15, 0.2) is 5.69 Å². The number of fused-ring (bicyclic) bond motifs is 1. The van der Waals surface area contributed by atoms with E-state index < -0.39 is 34.3 Å². The van der Waals surface area contributed by atoms with Crippen LogP contribution in [0.3, 0.4) is 0 Å². The van der Waals surface area contributed by atoms with Crippen molar-refractivity contribution in [3.63, 3.8) is 0 Å². The normalized spacial score (nSPS) is 12.3. The smallest absolute Gasteiger partial charge is 0.416 e. The Morgan fingerprint density at radius 1 is 1.19 bits per heavy atom. The average Bonchev–Trinajstić information content (AvgIpc) is 3.01. The van der Waals surface area contributed by atoms with E-state index in [2.05, 4.69) is 10.2 Å². The number of halogens is 3. The molecule has 2 aromatic carbocycles. The van der Waals surface area contributed by atoms with Crippen LogP contribution in [0.25, 0.3) is 10.9 Å². The highest BCUT2D eigenvalue weighted by Gasteiger charge is 2.31. The van der Waals surface area contributed by atoms with Gasteiger partial charge >= 0.3 is 12.1 Å². The highest BCUT2D eigenvalue weighted by molar-refractivity contribution is 7.89. The average molecular weight is 399 g/mol. The molecule has 3 aromatic rings. The number of carbonyl (C=O) groups excluding carboxylic acids is 1. The van der Waals surface area contributed by atoms with E-state index >= 15 is 0 Å². The minimum atomic E-state index is -4.58. The first-order chi connectivity index (χ1) is 12.6. The van der Waals surface area contributed by atoms with E-state index in [1.807, 2.05) is 0 Å². The van der Waals surface area contributed by atoms with Crippen molar-refractivity contribution in [2.75, 3.05) is 0 Å². The Bertz CT molecular complexity index is 1120. The number of sulfonamides is 1. The van der Waals surface area contributed by atoms with Crippen molar-refractivity contribution < 1.29 is 31.1 Å². The summed E-state index contributed by atoms with van der Waals surface area (Å²) >= 11 is 0. The Kier molecular flexibility index (Phi) is 4.66. The summed E-state index contributed by atoms with van der Waals surface area (Å²) in [5.41, 5.74) is -0.932. The number of aromatic nitrogens is 2. The van der Waals surface area contributed by atoms with Crippen molar-refractivity contribution in [2.45, 2.75) is 17.7 Å². The third-order valence-corrected chi connectivity index (χ3v) is 4.73. The molecule has 0 radical (unpaired) electrons. The number of hydrogen-bond acceptors (Lipinski definition) is 5. The van der Waals surface area contributed by atoms with Gasteiger partial charge in [-0.3, -0.25) is 5.10 Å². The van der Waals surface area contributed by atoms with E-state index in [0.717, 1.165) is 18.2 Å². The molecule has 142 valence electrons. The van der Waals surface area contributed by atoms with E-state index in [9.17, 15) is 26.4 Å². The van der Waals surface area contributed by atoms with Gasteiger partial charge in [-0.05, 0) is 24.3 Å². The Labute approximate surface area is 151 Å². The van der Waals surface area contributed by atoms with Gasteiger partial charge < -0.3 is 4.74 Å². The second-order valence-corrected chi connectivity index (χ2v) is 7.09. The molecule has 0 fully saturated rings. The molecule has 11 heteroatoms. The summed E-state index contributed by atoms with van der Waals surface area (Å²) < 4.78 is 66.7. The number of nitrogens with one attached hydrogen (secondary N) is 1. The molecule has 1 heterocycles.